The second-order valence-corrected chi connectivity index (χ2v) is 6.02. The molecule has 1 atom stereocenters. The highest BCUT2D eigenvalue weighted by Gasteiger charge is 2.22. The summed E-state index contributed by atoms with van der Waals surface area (Å²) in [4.78, 5) is 8.75. The maximum absolute atomic E-state index is 6.34. The van der Waals surface area contributed by atoms with Crippen LogP contribution in [0.3, 0.4) is 0 Å². The first kappa shape index (κ1) is 16.2. The number of methoxy groups -OCH3 is 1. The lowest BCUT2D eigenvalue weighted by atomic mass is 10.0. The number of benzene rings is 1. The first-order valence-electron chi connectivity index (χ1n) is 6.76. The summed E-state index contributed by atoms with van der Waals surface area (Å²) in [6, 6.07) is 7.92. The molecule has 1 heterocycles. The molecule has 0 saturated carbocycles. The van der Waals surface area contributed by atoms with Gasteiger partial charge in [0.05, 0.1) is 5.56 Å². The molecule has 112 valence electrons. The van der Waals surface area contributed by atoms with Crippen molar-refractivity contribution in [3.05, 3.63) is 46.0 Å². The van der Waals surface area contributed by atoms with Gasteiger partial charge >= 0.3 is 0 Å². The first-order chi connectivity index (χ1) is 9.93. The maximum atomic E-state index is 6.34. The van der Waals surface area contributed by atoms with Crippen molar-refractivity contribution in [2.75, 3.05) is 7.11 Å². The highest BCUT2D eigenvalue weighted by atomic mass is 35.5. The minimum absolute atomic E-state index is 0.229. The molecule has 21 heavy (non-hydrogen) atoms. The number of aryl methyl sites for hydroxylation is 1. The van der Waals surface area contributed by atoms with Crippen LogP contribution in [0.25, 0.3) is 11.1 Å². The Labute approximate surface area is 135 Å². The average Bonchev–Trinajstić information content (AvgIpc) is 2.38. The Morgan fingerprint density at radius 2 is 1.71 bits per heavy atom. The van der Waals surface area contributed by atoms with E-state index in [1.54, 1.807) is 7.11 Å². The third kappa shape index (κ3) is 3.54. The van der Waals surface area contributed by atoms with Crippen LogP contribution in [0, 0.1) is 12.8 Å². The van der Waals surface area contributed by atoms with E-state index in [2.05, 4.69) is 9.97 Å². The molecule has 0 saturated heterocycles. The van der Waals surface area contributed by atoms with Crippen molar-refractivity contribution in [1.82, 2.24) is 9.97 Å². The normalized spacial score (nSPS) is 12.7. The van der Waals surface area contributed by atoms with Gasteiger partial charge in [-0.3, -0.25) is 0 Å². The van der Waals surface area contributed by atoms with E-state index in [0.29, 0.717) is 21.7 Å². The lowest BCUT2D eigenvalue weighted by Gasteiger charge is -2.19. The van der Waals surface area contributed by atoms with E-state index >= 15 is 0 Å². The van der Waals surface area contributed by atoms with E-state index in [9.17, 15) is 0 Å². The Kier molecular flexibility index (Phi) is 5.20. The maximum Gasteiger partial charge on any atom is 0.160 e. The average molecular weight is 325 g/mol. The fourth-order valence-corrected chi connectivity index (χ4v) is 2.88. The van der Waals surface area contributed by atoms with Gasteiger partial charge in [0.2, 0.25) is 0 Å². The number of halogens is 2. The molecule has 1 aromatic carbocycles. The Morgan fingerprint density at radius 1 is 1.10 bits per heavy atom. The highest BCUT2D eigenvalue weighted by molar-refractivity contribution is 6.37. The molecular formula is C16H18Cl2N2O. The summed E-state index contributed by atoms with van der Waals surface area (Å²) in [6.07, 6.45) is -0.230. The van der Waals surface area contributed by atoms with Crippen molar-refractivity contribution in [1.29, 1.82) is 0 Å². The molecule has 5 heteroatoms. The second kappa shape index (κ2) is 6.73. The molecule has 1 aromatic heterocycles. The molecule has 0 radical (unpaired) electrons. The topological polar surface area (TPSA) is 35.0 Å². The van der Waals surface area contributed by atoms with Crippen LogP contribution >= 0.6 is 23.2 Å². The fraction of sp³-hybridized carbons (Fsp3) is 0.375. The molecule has 2 rings (SSSR count). The minimum atomic E-state index is -0.230. The number of hydrogen-bond donors (Lipinski definition) is 0. The SMILES string of the molecule is COC(c1nc(Cl)c(-c2cccc(C)c2)c(Cl)n1)C(C)C. The van der Waals surface area contributed by atoms with Crippen molar-refractivity contribution in [3.63, 3.8) is 0 Å². The second-order valence-electron chi connectivity index (χ2n) is 5.31. The zero-order valence-electron chi connectivity index (χ0n) is 12.5. The van der Waals surface area contributed by atoms with Gasteiger partial charge in [0, 0.05) is 7.11 Å². The number of ether oxygens (including phenoxy) is 1. The Hall–Kier alpha value is -1.16. The Morgan fingerprint density at radius 3 is 2.19 bits per heavy atom. The number of aromatic nitrogens is 2. The largest absolute Gasteiger partial charge is 0.373 e. The van der Waals surface area contributed by atoms with Crippen LogP contribution in [0.1, 0.15) is 31.3 Å². The summed E-state index contributed by atoms with van der Waals surface area (Å²) < 4.78 is 5.43. The monoisotopic (exact) mass is 324 g/mol. The molecule has 0 spiro atoms. The molecule has 2 aromatic rings. The van der Waals surface area contributed by atoms with Crippen LogP contribution in [-0.2, 0) is 4.74 Å². The summed E-state index contributed by atoms with van der Waals surface area (Å²) >= 11 is 12.7. The predicted octanol–water partition coefficient (Wildman–Crippen LogP) is 5.10. The summed E-state index contributed by atoms with van der Waals surface area (Å²) in [6.45, 7) is 6.09. The van der Waals surface area contributed by atoms with Crippen LogP contribution in [0.4, 0.5) is 0 Å². The third-order valence-corrected chi connectivity index (χ3v) is 3.81. The van der Waals surface area contributed by atoms with Crippen LogP contribution in [-0.4, -0.2) is 17.1 Å². The van der Waals surface area contributed by atoms with Gasteiger partial charge in [0.15, 0.2) is 5.82 Å². The molecule has 0 aliphatic heterocycles. The molecule has 1 unspecified atom stereocenters. The van der Waals surface area contributed by atoms with E-state index in [1.165, 1.54) is 0 Å². The van der Waals surface area contributed by atoms with Crippen molar-refractivity contribution in [2.24, 2.45) is 5.92 Å². The molecule has 0 amide bonds. The van der Waals surface area contributed by atoms with E-state index in [-0.39, 0.29) is 12.0 Å². The van der Waals surface area contributed by atoms with Gasteiger partial charge in [-0.15, -0.1) is 0 Å². The zero-order valence-corrected chi connectivity index (χ0v) is 14.0. The summed E-state index contributed by atoms with van der Waals surface area (Å²) in [5.41, 5.74) is 2.69. The van der Waals surface area contributed by atoms with Gasteiger partial charge in [0.1, 0.15) is 16.4 Å². The lowest BCUT2D eigenvalue weighted by molar-refractivity contribution is 0.0575. The predicted molar refractivity (Wildman–Crippen MR) is 86.8 cm³/mol. The summed E-state index contributed by atoms with van der Waals surface area (Å²) in [5.74, 6) is 0.742. The van der Waals surface area contributed by atoms with Crippen LogP contribution in [0.5, 0.6) is 0 Å². The highest BCUT2D eigenvalue weighted by Crippen LogP contribution is 2.35. The Balaban J connectivity index is 2.52. The van der Waals surface area contributed by atoms with Gasteiger partial charge in [-0.25, -0.2) is 9.97 Å². The summed E-state index contributed by atoms with van der Waals surface area (Å²) in [7, 11) is 1.63. The summed E-state index contributed by atoms with van der Waals surface area (Å²) in [5, 5.41) is 0.691. The minimum Gasteiger partial charge on any atom is -0.373 e. The molecule has 0 N–H and O–H groups in total. The van der Waals surface area contributed by atoms with Gasteiger partial charge in [-0.05, 0) is 18.4 Å². The number of rotatable bonds is 4. The smallest absolute Gasteiger partial charge is 0.160 e. The van der Waals surface area contributed by atoms with Crippen molar-refractivity contribution >= 4 is 23.2 Å². The van der Waals surface area contributed by atoms with Crippen LogP contribution < -0.4 is 0 Å². The molecule has 0 aliphatic carbocycles. The number of nitrogens with zero attached hydrogens (tertiary/aromatic N) is 2. The van der Waals surface area contributed by atoms with Crippen molar-refractivity contribution in [2.45, 2.75) is 26.9 Å². The lowest BCUT2D eigenvalue weighted by Crippen LogP contribution is -2.13. The van der Waals surface area contributed by atoms with Crippen LogP contribution in [0.2, 0.25) is 10.3 Å². The van der Waals surface area contributed by atoms with Gasteiger partial charge in [-0.2, -0.15) is 0 Å². The third-order valence-electron chi connectivity index (χ3n) is 3.26. The quantitative estimate of drug-likeness (QED) is 0.733. The number of hydrogen-bond acceptors (Lipinski definition) is 3. The fourth-order valence-electron chi connectivity index (χ4n) is 2.26. The Bertz CT molecular complexity index is 621. The van der Waals surface area contributed by atoms with Crippen molar-refractivity contribution in [3.8, 4) is 11.1 Å². The van der Waals surface area contributed by atoms with Crippen LogP contribution in [0.15, 0.2) is 24.3 Å². The van der Waals surface area contributed by atoms with Gasteiger partial charge < -0.3 is 4.74 Å². The first-order valence-corrected chi connectivity index (χ1v) is 7.52. The van der Waals surface area contributed by atoms with E-state index < -0.39 is 0 Å². The molecule has 0 aliphatic rings. The standard InChI is InChI=1S/C16H18Cl2N2O/c1-9(2)13(21-4)16-19-14(17)12(15(18)20-16)11-7-5-6-10(3)8-11/h5-9,13H,1-4H3. The van der Waals surface area contributed by atoms with Crippen molar-refractivity contribution < 1.29 is 4.74 Å². The molecule has 3 nitrogen and oxygen atoms in total. The molecular weight excluding hydrogens is 307 g/mol. The zero-order chi connectivity index (χ0) is 15.6. The van der Waals surface area contributed by atoms with Gasteiger partial charge in [0.25, 0.3) is 0 Å². The molecule has 0 bridgehead atoms. The van der Waals surface area contributed by atoms with E-state index in [4.69, 9.17) is 27.9 Å². The van der Waals surface area contributed by atoms with Gasteiger partial charge in [-0.1, -0.05) is 66.9 Å². The molecule has 0 fully saturated rings. The van der Waals surface area contributed by atoms with E-state index in [0.717, 1.165) is 11.1 Å². The van der Waals surface area contributed by atoms with E-state index in [1.807, 2.05) is 45.0 Å².